The summed E-state index contributed by atoms with van der Waals surface area (Å²) in [4.78, 5) is 2.47. The lowest BCUT2D eigenvalue weighted by Crippen LogP contribution is -2.25. The molecule has 0 aromatic carbocycles. The molecule has 2 aliphatic rings. The molecule has 1 aliphatic heterocycles. The van der Waals surface area contributed by atoms with Crippen molar-refractivity contribution in [3.8, 4) is 0 Å². The summed E-state index contributed by atoms with van der Waals surface area (Å²) in [5, 5.41) is 0. The molecule has 0 amide bonds. The maximum absolute atomic E-state index is 2.47. The second-order valence-corrected chi connectivity index (χ2v) is 3.34. The summed E-state index contributed by atoms with van der Waals surface area (Å²) in [6.45, 7) is 3.71. The molecule has 2 fully saturated rings. The minimum Gasteiger partial charge on any atom is -0.303 e. The molecule has 1 unspecified atom stereocenters. The Morgan fingerprint density at radius 2 is 2.25 bits per heavy atom. The smallest absolute Gasteiger partial charge is 0.00955 e. The number of likely N-dealkylation sites (tertiary alicyclic amines) is 1. The van der Waals surface area contributed by atoms with Crippen molar-refractivity contribution in [2.24, 2.45) is 11.8 Å². The number of nitrogens with zero attached hydrogens (tertiary/aromatic N) is 1. The molecule has 46 valence electrons. The Balaban J connectivity index is 2.08. The normalized spacial score (nSPS) is 54.0. The molecular formula is C7H13N. The van der Waals surface area contributed by atoms with Crippen LogP contribution in [0.15, 0.2) is 0 Å². The van der Waals surface area contributed by atoms with E-state index in [1.54, 1.807) is 0 Å². The Morgan fingerprint density at radius 1 is 1.50 bits per heavy atom. The number of hydrogen-bond donors (Lipinski definition) is 0. The van der Waals surface area contributed by atoms with Crippen LogP contribution in [0.3, 0.4) is 0 Å². The standard InChI is InChI=1S/C7H13N/c1-5-7-3-6(7)4-8(5)2/h5-7H,3-4H2,1-2H3/t5?,6-,7+/m0/s1. The van der Waals surface area contributed by atoms with E-state index in [9.17, 15) is 0 Å². The van der Waals surface area contributed by atoms with Crippen LogP contribution in [-0.2, 0) is 0 Å². The van der Waals surface area contributed by atoms with Gasteiger partial charge in [0.2, 0.25) is 0 Å². The van der Waals surface area contributed by atoms with Crippen LogP contribution in [0, 0.1) is 11.8 Å². The maximum atomic E-state index is 2.47. The van der Waals surface area contributed by atoms with E-state index in [0.29, 0.717) is 0 Å². The Morgan fingerprint density at radius 3 is 2.50 bits per heavy atom. The van der Waals surface area contributed by atoms with Crippen LogP contribution in [0.25, 0.3) is 0 Å². The lowest BCUT2D eigenvalue weighted by molar-refractivity contribution is 0.287. The molecule has 1 heteroatoms. The molecule has 1 saturated heterocycles. The molecule has 1 heterocycles. The van der Waals surface area contributed by atoms with Crippen LogP contribution in [0.4, 0.5) is 0 Å². The van der Waals surface area contributed by atoms with Crippen LogP contribution >= 0.6 is 0 Å². The van der Waals surface area contributed by atoms with E-state index in [1.165, 1.54) is 13.0 Å². The van der Waals surface area contributed by atoms with Gasteiger partial charge in [0, 0.05) is 12.6 Å². The molecule has 0 aromatic rings. The van der Waals surface area contributed by atoms with E-state index < -0.39 is 0 Å². The number of hydrogen-bond acceptors (Lipinski definition) is 1. The Labute approximate surface area is 50.7 Å². The van der Waals surface area contributed by atoms with Gasteiger partial charge in [-0.1, -0.05) is 0 Å². The monoisotopic (exact) mass is 111 g/mol. The summed E-state index contributed by atoms with van der Waals surface area (Å²) >= 11 is 0. The fourth-order valence-electron chi connectivity index (χ4n) is 1.93. The highest BCUT2D eigenvalue weighted by Crippen LogP contribution is 2.48. The average Bonchev–Trinajstić information content (AvgIpc) is 2.39. The topological polar surface area (TPSA) is 3.24 Å². The van der Waals surface area contributed by atoms with Crippen molar-refractivity contribution in [3.63, 3.8) is 0 Å². The molecule has 8 heavy (non-hydrogen) atoms. The molecule has 2 rings (SSSR count). The third kappa shape index (κ3) is 0.455. The van der Waals surface area contributed by atoms with E-state index >= 15 is 0 Å². The van der Waals surface area contributed by atoms with Gasteiger partial charge in [0.1, 0.15) is 0 Å². The molecule has 1 nitrogen and oxygen atoms in total. The molecular weight excluding hydrogens is 98.1 g/mol. The van der Waals surface area contributed by atoms with Gasteiger partial charge in [0.15, 0.2) is 0 Å². The second kappa shape index (κ2) is 1.27. The quantitative estimate of drug-likeness (QED) is 0.450. The third-order valence-electron chi connectivity index (χ3n) is 2.81. The second-order valence-electron chi connectivity index (χ2n) is 3.34. The minimum absolute atomic E-state index is 0.889. The van der Waals surface area contributed by atoms with Gasteiger partial charge in [-0.2, -0.15) is 0 Å². The summed E-state index contributed by atoms with van der Waals surface area (Å²) < 4.78 is 0. The van der Waals surface area contributed by atoms with Crippen molar-refractivity contribution in [2.75, 3.05) is 13.6 Å². The van der Waals surface area contributed by atoms with Crippen LogP contribution < -0.4 is 0 Å². The van der Waals surface area contributed by atoms with Crippen LogP contribution in [0.1, 0.15) is 13.3 Å². The molecule has 1 aliphatic carbocycles. The fourth-order valence-corrected chi connectivity index (χ4v) is 1.93. The SMILES string of the molecule is CC1[C@H]2C[C@H]2CN1C. The van der Waals surface area contributed by atoms with Crippen molar-refractivity contribution in [1.82, 2.24) is 4.90 Å². The van der Waals surface area contributed by atoms with Crippen LogP contribution in [0.5, 0.6) is 0 Å². The van der Waals surface area contributed by atoms with Crippen molar-refractivity contribution < 1.29 is 0 Å². The lowest BCUT2D eigenvalue weighted by atomic mass is 10.2. The first-order chi connectivity index (χ1) is 3.79. The molecule has 0 aromatic heterocycles. The largest absolute Gasteiger partial charge is 0.303 e. The van der Waals surface area contributed by atoms with Gasteiger partial charge in [0.05, 0.1) is 0 Å². The van der Waals surface area contributed by atoms with Gasteiger partial charge in [-0.25, -0.2) is 0 Å². The number of piperidine rings is 1. The van der Waals surface area contributed by atoms with Crippen LogP contribution in [-0.4, -0.2) is 24.5 Å². The Hall–Kier alpha value is -0.0400. The van der Waals surface area contributed by atoms with Crippen LogP contribution in [0.2, 0.25) is 0 Å². The Kier molecular flexibility index (Phi) is 0.762. The molecule has 0 radical (unpaired) electrons. The van der Waals surface area contributed by atoms with Crippen molar-refractivity contribution >= 4 is 0 Å². The van der Waals surface area contributed by atoms with E-state index in [-0.39, 0.29) is 0 Å². The highest BCUT2D eigenvalue weighted by molar-refractivity contribution is 5.00. The van der Waals surface area contributed by atoms with Crippen molar-refractivity contribution in [3.05, 3.63) is 0 Å². The fraction of sp³-hybridized carbons (Fsp3) is 1.00. The molecule has 1 saturated carbocycles. The molecule has 0 bridgehead atoms. The van der Waals surface area contributed by atoms with Gasteiger partial charge in [-0.15, -0.1) is 0 Å². The van der Waals surface area contributed by atoms with Crippen molar-refractivity contribution in [2.45, 2.75) is 19.4 Å². The van der Waals surface area contributed by atoms with Gasteiger partial charge < -0.3 is 4.90 Å². The van der Waals surface area contributed by atoms with E-state index in [4.69, 9.17) is 0 Å². The van der Waals surface area contributed by atoms with Gasteiger partial charge in [-0.05, 0) is 32.2 Å². The zero-order valence-electron chi connectivity index (χ0n) is 5.59. The third-order valence-corrected chi connectivity index (χ3v) is 2.81. The summed E-state index contributed by atoms with van der Waals surface area (Å²) in [5.74, 6) is 2.18. The summed E-state index contributed by atoms with van der Waals surface area (Å²) in [7, 11) is 2.23. The first kappa shape index (κ1) is 4.80. The first-order valence-electron chi connectivity index (χ1n) is 3.49. The number of fused-ring (bicyclic) bond motifs is 1. The van der Waals surface area contributed by atoms with Gasteiger partial charge in [-0.3, -0.25) is 0 Å². The van der Waals surface area contributed by atoms with Gasteiger partial charge in [0.25, 0.3) is 0 Å². The zero-order chi connectivity index (χ0) is 5.72. The molecule has 0 N–H and O–H groups in total. The van der Waals surface area contributed by atoms with E-state index in [1.807, 2.05) is 0 Å². The predicted molar refractivity (Wildman–Crippen MR) is 33.7 cm³/mol. The predicted octanol–water partition coefficient (Wildman–Crippen LogP) is 0.956. The molecule has 3 atom stereocenters. The maximum Gasteiger partial charge on any atom is 0.00955 e. The summed E-state index contributed by atoms with van der Waals surface area (Å²) in [5.41, 5.74) is 0. The van der Waals surface area contributed by atoms with Gasteiger partial charge >= 0.3 is 0 Å². The lowest BCUT2D eigenvalue weighted by Gasteiger charge is -2.16. The van der Waals surface area contributed by atoms with Crippen molar-refractivity contribution in [1.29, 1.82) is 0 Å². The first-order valence-corrected chi connectivity index (χ1v) is 3.49. The summed E-state index contributed by atoms with van der Waals surface area (Å²) in [6.07, 6.45) is 1.52. The number of rotatable bonds is 0. The summed E-state index contributed by atoms with van der Waals surface area (Å²) in [6, 6.07) is 0.889. The molecule has 0 spiro atoms. The van der Waals surface area contributed by atoms with E-state index in [0.717, 1.165) is 17.9 Å². The highest BCUT2D eigenvalue weighted by atomic mass is 15.2. The van der Waals surface area contributed by atoms with E-state index in [2.05, 4.69) is 18.9 Å². The zero-order valence-corrected chi connectivity index (χ0v) is 5.59. The Bertz CT molecular complexity index is 109. The average molecular weight is 111 g/mol. The highest BCUT2D eigenvalue weighted by Gasteiger charge is 2.48. The minimum atomic E-state index is 0.889.